The highest BCUT2D eigenvalue weighted by atomic mass is 32.2. The zero-order chi connectivity index (χ0) is 17.5. The van der Waals surface area contributed by atoms with Crippen LogP contribution < -0.4 is 4.74 Å². The molecule has 3 aromatic rings. The highest BCUT2D eigenvalue weighted by molar-refractivity contribution is 7.99. The van der Waals surface area contributed by atoms with Crippen molar-refractivity contribution in [3.63, 3.8) is 0 Å². The van der Waals surface area contributed by atoms with Crippen molar-refractivity contribution in [2.24, 2.45) is 0 Å². The largest absolute Gasteiger partial charge is 0.492 e. The van der Waals surface area contributed by atoms with Gasteiger partial charge in [-0.1, -0.05) is 60.3 Å². The smallest absolute Gasteiger partial charge is 0.191 e. The summed E-state index contributed by atoms with van der Waals surface area (Å²) in [4.78, 5) is 0. The summed E-state index contributed by atoms with van der Waals surface area (Å²) in [6.45, 7) is 5.72. The minimum absolute atomic E-state index is 0.653. The maximum Gasteiger partial charge on any atom is 0.191 e. The second-order valence-corrected chi connectivity index (χ2v) is 6.83. The van der Waals surface area contributed by atoms with E-state index in [9.17, 15) is 0 Å². The van der Waals surface area contributed by atoms with Gasteiger partial charge < -0.3 is 9.30 Å². The first-order valence-electron chi connectivity index (χ1n) is 8.55. The molecule has 4 nitrogen and oxygen atoms in total. The van der Waals surface area contributed by atoms with Crippen molar-refractivity contribution in [1.29, 1.82) is 0 Å². The Hall–Kier alpha value is -2.27. The van der Waals surface area contributed by atoms with Crippen LogP contribution in [0, 0.1) is 6.92 Å². The van der Waals surface area contributed by atoms with Gasteiger partial charge in [0, 0.05) is 18.7 Å². The Bertz CT molecular complexity index is 802. The fourth-order valence-corrected chi connectivity index (χ4v) is 3.49. The number of aromatic nitrogens is 3. The van der Waals surface area contributed by atoms with E-state index in [-0.39, 0.29) is 0 Å². The Labute approximate surface area is 153 Å². The van der Waals surface area contributed by atoms with Crippen LogP contribution in [0.4, 0.5) is 0 Å². The summed E-state index contributed by atoms with van der Waals surface area (Å²) in [5.74, 6) is 2.80. The molecule has 1 heterocycles. The molecular formula is C20H23N3OS. The van der Waals surface area contributed by atoms with Gasteiger partial charge in [0.05, 0.1) is 6.61 Å². The predicted octanol–water partition coefficient (Wildman–Crippen LogP) is 4.37. The van der Waals surface area contributed by atoms with Crippen molar-refractivity contribution in [3.8, 4) is 5.75 Å². The van der Waals surface area contributed by atoms with Gasteiger partial charge in [0.2, 0.25) is 0 Å². The molecule has 0 aliphatic rings. The molecular weight excluding hydrogens is 330 g/mol. The first-order valence-corrected chi connectivity index (χ1v) is 9.53. The highest BCUT2D eigenvalue weighted by Gasteiger charge is 2.11. The number of nitrogens with zero attached hydrogens (tertiary/aromatic N) is 3. The Balaban J connectivity index is 1.57. The van der Waals surface area contributed by atoms with Gasteiger partial charge >= 0.3 is 0 Å². The molecule has 0 fully saturated rings. The monoisotopic (exact) mass is 353 g/mol. The SMILES string of the molecule is CCn1c(Cc2ccccc2)nnc1SCCOc1ccccc1C. The molecule has 0 N–H and O–H groups in total. The summed E-state index contributed by atoms with van der Waals surface area (Å²) >= 11 is 1.69. The minimum Gasteiger partial charge on any atom is -0.492 e. The molecule has 0 saturated heterocycles. The van der Waals surface area contributed by atoms with Gasteiger partial charge in [0.1, 0.15) is 11.6 Å². The van der Waals surface area contributed by atoms with Crippen LogP contribution in [0.25, 0.3) is 0 Å². The van der Waals surface area contributed by atoms with E-state index in [1.807, 2.05) is 24.3 Å². The standard InChI is InChI=1S/C20H23N3OS/c1-3-23-19(15-17-10-5-4-6-11-17)21-22-20(23)25-14-13-24-18-12-8-7-9-16(18)2/h4-12H,3,13-15H2,1-2H3. The Morgan fingerprint density at radius 3 is 2.52 bits per heavy atom. The molecule has 2 aromatic carbocycles. The van der Waals surface area contributed by atoms with Gasteiger partial charge in [-0.15, -0.1) is 10.2 Å². The van der Waals surface area contributed by atoms with Crippen molar-refractivity contribution in [1.82, 2.24) is 14.8 Å². The lowest BCUT2D eigenvalue weighted by Crippen LogP contribution is -2.06. The van der Waals surface area contributed by atoms with Crippen LogP contribution >= 0.6 is 11.8 Å². The fourth-order valence-electron chi connectivity index (χ4n) is 2.66. The third-order valence-corrected chi connectivity index (χ3v) is 4.91. The topological polar surface area (TPSA) is 39.9 Å². The first kappa shape index (κ1) is 17.5. The molecule has 0 aliphatic heterocycles. The normalized spacial score (nSPS) is 10.8. The van der Waals surface area contributed by atoms with Crippen LogP contribution in [0.3, 0.4) is 0 Å². The zero-order valence-electron chi connectivity index (χ0n) is 14.7. The summed E-state index contributed by atoms with van der Waals surface area (Å²) in [6, 6.07) is 18.5. The number of benzene rings is 2. The molecule has 0 radical (unpaired) electrons. The summed E-state index contributed by atoms with van der Waals surface area (Å²) in [5, 5.41) is 9.71. The number of ether oxygens (including phenoxy) is 1. The number of thioether (sulfide) groups is 1. The van der Waals surface area contributed by atoms with Crippen molar-refractivity contribution in [2.45, 2.75) is 32.0 Å². The second-order valence-electron chi connectivity index (χ2n) is 5.77. The number of aryl methyl sites for hydroxylation is 1. The quantitative estimate of drug-likeness (QED) is 0.445. The molecule has 0 bridgehead atoms. The van der Waals surface area contributed by atoms with Crippen LogP contribution in [0.15, 0.2) is 59.8 Å². The lowest BCUT2D eigenvalue weighted by molar-refractivity contribution is 0.341. The molecule has 3 rings (SSSR count). The summed E-state index contributed by atoms with van der Waals surface area (Å²) in [6.07, 6.45) is 0.807. The number of hydrogen-bond donors (Lipinski definition) is 0. The molecule has 1 aromatic heterocycles. The summed E-state index contributed by atoms with van der Waals surface area (Å²) in [5.41, 5.74) is 2.42. The van der Waals surface area contributed by atoms with Gasteiger partial charge in [-0.05, 0) is 31.0 Å². The van der Waals surface area contributed by atoms with E-state index in [1.165, 1.54) is 5.56 Å². The summed E-state index contributed by atoms with van der Waals surface area (Å²) in [7, 11) is 0. The van der Waals surface area contributed by atoms with E-state index < -0.39 is 0 Å². The van der Waals surface area contributed by atoms with Crippen LogP contribution in [-0.2, 0) is 13.0 Å². The first-order chi connectivity index (χ1) is 12.3. The molecule has 130 valence electrons. The average Bonchev–Trinajstić information content (AvgIpc) is 3.02. The van der Waals surface area contributed by atoms with Crippen LogP contribution in [0.2, 0.25) is 0 Å². The Morgan fingerprint density at radius 2 is 1.76 bits per heavy atom. The third kappa shape index (κ3) is 4.63. The zero-order valence-corrected chi connectivity index (χ0v) is 15.5. The van der Waals surface area contributed by atoms with Gasteiger partial charge in [-0.2, -0.15) is 0 Å². The minimum atomic E-state index is 0.653. The van der Waals surface area contributed by atoms with Gasteiger partial charge in [-0.3, -0.25) is 0 Å². The third-order valence-electron chi connectivity index (χ3n) is 3.98. The van der Waals surface area contributed by atoms with Crippen LogP contribution in [0.5, 0.6) is 5.75 Å². The van der Waals surface area contributed by atoms with E-state index in [1.54, 1.807) is 11.8 Å². The van der Waals surface area contributed by atoms with Crippen molar-refractivity contribution < 1.29 is 4.74 Å². The van der Waals surface area contributed by atoms with E-state index in [0.717, 1.165) is 41.0 Å². The number of para-hydroxylation sites is 1. The predicted molar refractivity (Wildman–Crippen MR) is 102 cm³/mol. The Morgan fingerprint density at radius 1 is 1.00 bits per heavy atom. The van der Waals surface area contributed by atoms with E-state index >= 15 is 0 Å². The van der Waals surface area contributed by atoms with Gasteiger partial charge in [0.15, 0.2) is 5.16 Å². The van der Waals surface area contributed by atoms with Crippen molar-refractivity contribution in [3.05, 3.63) is 71.5 Å². The lowest BCUT2D eigenvalue weighted by Gasteiger charge is -2.09. The van der Waals surface area contributed by atoms with E-state index in [4.69, 9.17) is 4.74 Å². The molecule has 0 atom stereocenters. The second kappa shape index (κ2) is 8.72. The maximum absolute atomic E-state index is 5.86. The molecule has 0 unspecified atom stereocenters. The number of hydrogen-bond acceptors (Lipinski definition) is 4. The lowest BCUT2D eigenvalue weighted by atomic mass is 10.1. The molecule has 0 amide bonds. The van der Waals surface area contributed by atoms with Gasteiger partial charge in [-0.25, -0.2) is 0 Å². The fraction of sp³-hybridized carbons (Fsp3) is 0.300. The van der Waals surface area contributed by atoms with Crippen molar-refractivity contribution in [2.75, 3.05) is 12.4 Å². The molecule has 25 heavy (non-hydrogen) atoms. The van der Waals surface area contributed by atoms with Crippen LogP contribution in [0.1, 0.15) is 23.9 Å². The average molecular weight is 353 g/mol. The van der Waals surface area contributed by atoms with Crippen molar-refractivity contribution >= 4 is 11.8 Å². The summed E-state index contributed by atoms with van der Waals surface area (Å²) < 4.78 is 8.04. The highest BCUT2D eigenvalue weighted by Crippen LogP contribution is 2.20. The van der Waals surface area contributed by atoms with Gasteiger partial charge in [0.25, 0.3) is 0 Å². The van der Waals surface area contributed by atoms with E-state index in [2.05, 4.69) is 58.9 Å². The molecule has 0 spiro atoms. The Kier molecular flexibility index (Phi) is 6.12. The maximum atomic E-state index is 5.86. The molecule has 0 saturated carbocycles. The molecule has 5 heteroatoms. The molecule has 0 aliphatic carbocycles. The van der Waals surface area contributed by atoms with E-state index in [0.29, 0.717) is 6.61 Å². The van der Waals surface area contributed by atoms with Crippen LogP contribution in [-0.4, -0.2) is 27.1 Å². The number of rotatable bonds is 8.